The first-order valence-corrected chi connectivity index (χ1v) is 6.42. The predicted octanol–water partition coefficient (Wildman–Crippen LogP) is 3.85. The van der Waals surface area contributed by atoms with Crippen molar-refractivity contribution in [3.8, 4) is 0 Å². The van der Waals surface area contributed by atoms with E-state index in [1.54, 1.807) is 6.07 Å². The molecule has 0 amide bonds. The summed E-state index contributed by atoms with van der Waals surface area (Å²) < 4.78 is 13.3. The van der Waals surface area contributed by atoms with E-state index < -0.39 is 0 Å². The second-order valence-electron chi connectivity index (χ2n) is 4.66. The lowest BCUT2D eigenvalue weighted by atomic mass is 10.0. The van der Waals surface area contributed by atoms with Crippen molar-refractivity contribution < 1.29 is 4.39 Å². The van der Waals surface area contributed by atoms with Crippen molar-refractivity contribution in [2.24, 2.45) is 5.73 Å². The zero-order valence-corrected chi connectivity index (χ0v) is 10.5. The van der Waals surface area contributed by atoms with Gasteiger partial charge in [0, 0.05) is 6.04 Å². The molecular formula is C14H17ClFN. The average Bonchev–Trinajstić information content (AvgIpc) is 2.48. The molecule has 1 aromatic rings. The van der Waals surface area contributed by atoms with Crippen LogP contribution in [0.25, 0.3) is 0 Å². The van der Waals surface area contributed by atoms with E-state index in [0.29, 0.717) is 0 Å². The van der Waals surface area contributed by atoms with E-state index in [2.05, 4.69) is 6.08 Å². The third kappa shape index (κ3) is 3.55. The molecule has 1 atom stereocenters. The van der Waals surface area contributed by atoms with Gasteiger partial charge in [0.15, 0.2) is 0 Å². The fourth-order valence-corrected chi connectivity index (χ4v) is 2.38. The maximum absolute atomic E-state index is 13.3. The van der Waals surface area contributed by atoms with Crippen LogP contribution in [-0.2, 0) is 6.42 Å². The van der Waals surface area contributed by atoms with Crippen molar-refractivity contribution >= 4 is 11.6 Å². The second-order valence-corrected chi connectivity index (χ2v) is 5.07. The van der Waals surface area contributed by atoms with E-state index in [9.17, 15) is 4.39 Å². The van der Waals surface area contributed by atoms with Crippen LogP contribution in [0.4, 0.5) is 4.39 Å². The number of nitrogens with two attached hydrogens (primary N) is 1. The Morgan fingerprint density at radius 3 is 2.94 bits per heavy atom. The van der Waals surface area contributed by atoms with Crippen molar-refractivity contribution in [3.63, 3.8) is 0 Å². The van der Waals surface area contributed by atoms with Gasteiger partial charge < -0.3 is 5.73 Å². The molecule has 1 aliphatic rings. The largest absolute Gasteiger partial charge is 0.324 e. The molecule has 0 heterocycles. The molecule has 0 spiro atoms. The minimum Gasteiger partial charge on any atom is -0.324 e. The second kappa shape index (κ2) is 5.65. The molecule has 0 saturated heterocycles. The van der Waals surface area contributed by atoms with Crippen LogP contribution in [0.1, 0.15) is 31.2 Å². The zero-order chi connectivity index (χ0) is 12.3. The fraction of sp³-hybridized carbons (Fsp3) is 0.429. The van der Waals surface area contributed by atoms with Gasteiger partial charge in [-0.2, -0.15) is 0 Å². The highest BCUT2D eigenvalue weighted by atomic mass is 35.5. The SMILES string of the molecule is NC1C=C(Cc2ccc(Cl)c(F)c2)CCCC1. The topological polar surface area (TPSA) is 26.0 Å². The van der Waals surface area contributed by atoms with Crippen molar-refractivity contribution in [1.82, 2.24) is 0 Å². The molecule has 1 aromatic carbocycles. The third-order valence-electron chi connectivity index (χ3n) is 3.15. The molecule has 92 valence electrons. The molecular weight excluding hydrogens is 237 g/mol. The summed E-state index contributed by atoms with van der Waals surface area (Å²) in [5.74, 6) is -0.345. The molecule has 0 aromatic heterocycles. The number of allylic oxidation sites excluding steroid dienone is 1. The van der Waals surface area contributed by atoms with Gasteiger partial charge in [-0.15, -0.1) is 0 Å². The summed E-state index contributed by atoms with van der Waals surface area (Å²) >= 11 is 5.66. The number of hydrogen-bond acceptors (Lipinski definition) is 1. The van der Waals surface area contributed by atoms with E-state index in [-0.39, 0.29) is 16.9 Å². The van der Waals surface area contributed by atoms with Crippen LogP contribution in [0.3, 0.4) is 0 Å². The van der Waals surface area contributed by atoms with Crippen molar-refractivity contribution in [1.29, 1.82) is 0 Å². The van der Waals surface area contributed by atoms with Crippen LogP contribution in [-0.4, -0.2) is 6.04 Å². The molecule has 2 N–H and O–H groups in total. The van der Waals surface area contributed by atoms with Crippen LogP contribution >= 0.6 is 11.6 Å². The van der Waals surface area contributed by atoms with Gasteiger partial charge >= 0.3 is 0 Å². The van der Waals surface area contributed by atoms with Gasteiger partial charge in [-0.05, 0) is 43.4 Å². The van der Waals surface area contributed by atoms with Gasteiger partial charge in [-0.25, -0.2) is 4.39 Å². The van der Waals surface area contributed by atoms with Crippen LogP contribution in [0.15, 0.2) is 29.8 Å². The maximum Gasteiger partial charge on any atom is 0.142 e. The fourth-order valence-electron chi connectivity index (χ4n) is 2.26. The Labute approximate surface area is 106 Å². The van der Waals surface area contributed by atoms with Crippen molar-refractivity contribution in [2.75, 3.05) is 0 Å². The van der Waals surface area contributed by atoms with E-state index in [0.717, 1.165) is 24.8 Å². The highest BCUT2D eigenvalue weighted by Crippen LogP contribution is 2.22. The number of rotatable bonds is 2. The number of hydrogen-bond donors (Lipinski definition) is 1. The molecule has 0 bridgehead atoms. The summed E-state index contributed by atoms with van der Waals surface area (Å²) in [5.41, 5.74) is 8.24. The van der Waals surface area contributed by atoms with E-state index in [4.69, 9.17) is 17.3 Å². The Balaban J connectivity index is 2.11. The van der Waals surface area contributed by atoms with E-state index in [1.807, 2.05) is 6.07 Å². The Kier molecular flexibility index (Phi) is 4.19. The Hall–Kier alpha value is -0.860. The number of benzene rings is 1. The van der Waals surface area contributed by atoms with Gasteiger partial charge in [-0.3, -0.25) is 0 Å². The molecule has 0 radical (unpaired) electrons. The molecule has 0 fully saturated rings. The molecule has 1 unspecified atom stereocenters. The van der Waals surface area contributed by atoms with Gasteiger partial charge in [0.2, 0.25) is 0 Å². The van der Waals surface area contributed by atoms with Crippen LogP contribution in [0, 0.1) is 5.82 Å². The predicted molar refractivity (Wildman–Crippen MR) is 69.6 cm³/mol. The summed E-state index contributed by atoms with van der Waals surface area (Å²) in [5, 5.41) is 0.181. The summed E-state index contributed by atoms with van der Waals surface area (Å²) in [4.78, 5) is 0. The van der Waals surface area contributed by atoms with Crippen LogP contribution in [0.5, 0.6) is 0 Å². The van der Waals surface area contributed by atoms with Gasteiger partial charge in [0.1, 0.15) is 5.82 Å². The van der Waals surface area contributed by atoms with Crippen LogP contribution in [0.2, 0.25) is 5.02 Å². The standard InChI is InChI=1S/C14H17ClFN/c15-13-6-5-11(9-14(13)16)7-10-3-1-2-4-12(17)8-10/h5-6,8-9,12H,1-4,7,17H2. The number of halogens is 2. The monoisotopic (exact) mass is 253 g/mol. The molecule has 3 heteroatoms. The molecule has 1 aliphatic carbocycles. The molecule has 0 aliphatic heterocycles. The van der Waals surface area contributed by atoms with Gasteiger partial charge in [0.05, 0.1) is 5.02 Å². The van der Waals surface area contributed by atoms with E-state index in [1.165, 1.54) is 24.5 Å². The highest BCUT2D eigenvalue weighted by Gasteiger charge is 2.09. The average molecular weight is 254 g/mol. The summed E-state index contributed by atoms with van der Waals surface area (Å²) in [6, 6.07) is 5.16. The first kappa shape index (κ1) is 12.6. The van der Waals surface area contributed by atoms with Gasteiger partial charge in [0.25, 0.3) is 0 Å². The smallest absolute Gasteiger partial charge is 0.142 e. The maximum atomic E-state index is 13.3. The molecule has 1 nitrogen and oxygen atoms in total. The molecule has 17 heavy (non-hydrogen) atoms. The summed E-state index contributed by atoms with van der Waals surface area (Å²) in [6.07, 6.45) is 7.39. The van der Waals surface area contributed by atoms with Crippen molar-refractivity contribution in [3.05, 3.63) is 46.3 Å². The summed E-state index contributed by atoms with van der Waals surface area (Å²) in [7, 11) is 0. The normalized spacial score (nSPS) is 20.9. The lowest BCUT2D eigenvalue weighted by Gasteiger charge is -2.07. The van der Waals surface area contributed by atoms with Crippen molar-refractivity contribution in [2.45, 2.75) is 38.1 Å². The Morgan fingerprint density at radius 1 is 1.35 bits per heavy atom. The first-order chi connectivity index (χ1) is 8.15. The van der Waals surface area contributed by atoms with Gasteiger partial charge in [-0.1, -0.05) is 35.7 Å². The molecule has 2 rings (SSSR count). The Bertz CT molecular complexity index is 428. The Morgan fingerprint density at radius 2 is 2.18 bits per heavy atom. The third-order valence-corrected chi connectivity index (χ3v) is 3.46. The zero-order valence-electron chi connectivity index (χ0n) is 9.76. The summed E-state index contributed by atoms with van der Waals surface area (Å²) in [6.45, 7) is 0. The highest BCUT2D eigenvalue weighted by molar-refractivity contribution is 6.30. The quantitative estimate of drug-likeness (QED) is 0.796. The lowest BCUT2D eigenvalue weighted by molar-refractivity contribution is 0.626. The minimum atomic E-state index is -0.345. The minimum absolute atomic E-state index is 0.157. The van der Waals surface area contributed by atoms with Crippen LogP contribution < -0.4 is 5.73 Å². The lowest BCUT2D eigenvalue weighted by Crippen LogP contribution is -2.16. The molecule has 0 saturated carbocycles. The van der Waals surface area contributed by atoms with E-state index >= 15 is 0 Å². The first-order valence-electron chi connectivity index (χ1n) is 6.04.